The van der Waals surface area contributed by atoms with Gasteiger partial charge in [-0.05, 0) is 34.7 Å². The minimum Gasteiger partial charge on any atom is -0.392 e. The number of carbonyl (C=O) groups excluding carboxylic acids is 1. The van der Waals surface area contributed by atoms with Gasteiger partial charge in [0.1, 0.15) is 5.82 Å². The zero-order chi connectivity index (χ0) is 15.5. The van der Waals surface area contributed by atoms with E-state index >= 15 is 0 Å². The van der Waals surface area contributed by atoms with E-state index in [1.807, 2.05) is 24.3 Å². The van der Waals surface area contributed by atoms with E-state index in [2.05, 4.69) is 31.1 Å². The Labute approximate surface area is 124 Å². The number of pyridine rings is 1. The second kappa shape index (κ2) is 6.06. The first-order valence-electron chi connectivity index (χ1n) is 6.88. The lowest BCUT2D eigenvalue weighted by Crippen LogP contribution is -2.15. The predicted octanol–water partition coefficient (Wildman–Crippen LogP) is 3.12. The molecule has 0 fully saturated rings. The summed E-state index contributed by atoms with van der Waals surface area (Å²) in [4.78, 5) is 16.2. The Morgan fingerprint density at radius 1 is 1.14 bits per heavy atom. The molecule has 0 aliphatic carbocycles. The van der Waals surface area contributed by atoms with Gasteiger partial charge in [-0.2, -0.15) is 0 Å². The number of benzene rings is 1. The lowest BCUT2D eigenvalue weighted by atomic mass is 9.87. The number of aliphatic hydroxyl groups is 1. The number of amides is 1. The number of nitrogens with one attached hydrogen (secondary N) is 1. The third kappa shape index (κ3) is 3.89. The molecule has 0 radical (unpaired) electrons. The Bertz CT molecular complexity index is 611. The van der Waals surface area contributed by atoms with Gasteiger partial charge in [-0.1, -0.05) is 39.0 Å². The monoisotopic (exact) mass is 284 g/mol. The maximum atomic E-state index is 12.1. The largest absolute Gasteiger partial charge is 0.392 e. The van der Waals surface area contributed by atoms with Gasteiger partial charge in [0.25, 0.3) is 5.91 Å². The molecule has 0 bridgehead atoms. The van der Waals surface area contributed by atoms with Crippen LogP contribution in [-0.2, 0) is 12.0 Å². The molecule has 1 heterocycles. The summed E-state index contributed by atoms with van der Waals surface area (Å²) in [7, 11) is 0. The lowest BCUT2D eigenvalue weighted by molar-refractivity contribution is 0.102. The van der Waals surface area contributed by atoms with Crippen molar-refractivity contribution in [2.24, 2.45) is 0 Å². The van der Waals surface area contributed by atoms with Crippen LogP contribution in [0.2, 0.25) is 0 Å². The molecule has 0 atom stereocenters. The molecule has 0 saturated carbocycles. The molecule has 2 aromatic rings. The van der Waals surface area contributed by atoms with Gasteiger partial charge < -0.3 is 10.4 Å². The van der Waals surface area contributed by atoms with E-state index in [0.29, 0.717) is 16.9 Å². The average molecular weight is 284 g/mol. The molecule has 0 saturated heterocycles. The Kier molecular flexibility index (Phi) is 4.38. The second-order valence-corrected chi connectivity index (χ2v) is 5.99. The zero-order valence-corrected chi connectivity index (χ0v) is 12.6. The molecule has 0 unspecified atom stereocenters. The highest BCUT2D eigenvalue weighted by atomic mass is 16.3. The van der Waals surface area contributed by atoms with Crippen molar-refractivity contribution < 1.29 is 9.90 Å². The average Bonchev–Trinajstić information content (AvgIpc) is 2.47. The second-order valence-electron chi connectivity index (χ2n) is 5.99. The van der Waals surface area contributed by atoms with Crippen molar-refractivity contribution in [1.82, 2.24) is 4.98 Å². The van der Waals surface area contributed by atoms with E-state index in [1.54, 1.807) is 12.1 Å². The summed E-state index contributed by atoms with van der Waals surface area (Å²) >= 11 is 0. The van der Waals surface area contributed by atoms with Gasteiger partial charge >= 0.3 is 0 Å². The number of anilines is 1. The van der Waals surface area contributed by atoms with E-state index in [1.165, 1.54) is 11.8 Å². The Morgan fingerprint density at radius 2 is 1.81 bits per heavy atom. The number of aliphatic hydroxyl groups excluding tert-OH is 1. The molecule has 0 spiro atoms. The fraction of sp³-hybridized carbons (Fsp3) is 0.294. The maximum Gasteiger partial charge on any atom is 0.256 e. The number of carbonyl (C=O) groups is 1. The van der Waals surface area contributed by atoms with E-state index in [4.69, 9.17) is 5.11 Å². The van der Waals surface area contributed by atoms with Crippen molar-refractivity contribution in [2.45, 2.75) is 32.8 Å². The topological polar surface area (TPSA) is 62.2 Å². The molecule has 0 aliphatic rings. The Morgan fingerprint density at radius 3 is 2.29 bits per heavy atom. The third-order valence-electron chi connectivity index (χ3n) is 3.26. The smallest absolute Gasteiger partial charge is 0.256 e. The molecule has 0 aliphatic heterocycles. The van der Waals surface area contributed by atoms with Crippen molar-refractivity contribution in [3.8, 4) is 0 Å². The lowest BCUT2D eigenvalue weighted by Gasteiger charge is -2.19. The van der Waals surface area contributed by atoms with Gasteiger partial charge in [-0.15, -0.1) is 0 Å². The first kappa shape index (κ1) is 15.2. The van der Waals surface area contributed by atoms with Crippen molar-refractivity contribution in [1.29, 1.82) is 0 Å². The van der Waals surface area contributed by atoms with Crippen LogP contribution in [0.1, 0.15) is 42.3 Å². The van der Waals surface area contributed by atoms with Gasteiger partial charge in [0, 0.05) is 11.8 Å². The number of hydrogen-bond donors (Lipinski definition) is 2. The van der Waals surface area contributed by atoms with Crippen molar-refractivity contribution in [3.05, 3.63) is 59.3 Å². The summed E-state index contributed by atoms with van der Waals surface area (Å²) < 4.78 is 0. The van der Waals surface area contributed by atoms with E-state index in [9.17, 15) is 4.79 Å². The summed E-state index contributed by atoms with van der Waals surface area (Å²) in [6, 6.07) is 11.0. The first-order valence-corrected chi connectivity index (χ1v) is 6.88. The Balaban J connectivity index is 2.09. The van der Waals surface area contributed by atoms with Crippen LogP contribution in [0.5, 0.6) is 0 Å². The molecule has 1 aromatic carbocycles. The fourth-order valence-electron chi connectivity index (χ4n) is 1.90. The molecule has 21 heavy (non-hydrogen) atoms. The van der Waals surface area contributed by atoms with Crippen molar-refractivity contribution in [3.63, 3.8) is 0 Å². The molecule has 4 nitrogen and oxygen atoms in total. The predicted molar refractivity (Wildman–Crippen MR) is 83.3 cm³/mol. The molecule has 1 aromatic heterocycles. The number of hydrogen-bond acceptors (Lipinski definition) is 3. The summed E-state index contributed by atoms with van der Waals surface area (Å²) in [5.41, 5.74) is 2.56. The van der Waals surface area contributed by atoms with Gasteiger partial charge in [-0.3, -0.25) is 4.79 Å². The number of nitrogens with zero attached hydrogens (tertiary/aromatic N) is 1. The summed E-state index contributed by atoms with van der Waals surface area (Å²) in [6.07, 6.45) is 1.54. The molecule has 110 valence electrons. The van der Waals surface area contributed by atoms with Crippen LogP contribution < -0.4 is 5.32 Å². The van der Waals surface area contributed by atoms with Crippen LogP contribution in [0.15, 0.2) is 42.6 Å². The Hall–Kier alpha value is -2.20. The SMILES string of the molecule is CC(C)(C)c1ccc(C(=O)Nc2ccc(CO)cn2)cc1. The molecular weight excluding hydrogens is 264 g/mol. The van der Waals surface area contributed by atoms with Gasteiger partial charge in [-0.25, -0.2) is 4.98 Å². The van der Waals surface area contributed by atoms with Crippen LogP contribution in [0, 0.1) is 0 Å². The highest BCUT2D eigenvalue weighted by Gasteiger charge is 2.14. The van der Waals surface area contributed by atoms with Crippen LogP contribution in [-0.4, -0.2) is 16.0 Å². The summed E-state index contributed by atoms with van der Waals surface area (Å²) in [5, 5.41) is 11.7. The van der Waals surface area contributed by atoms with Crippen LogP contribution in [0.3, 0.4) is 0 Å². The van der Waals surface area contributed by atoms with Crippen LogP contribution in [0.4, 0.5) is 5.82 Å². The number of rotatable bonds is 3. The van der Waals surface area contributed by atoms with Gasteiger partial charge in [0.15, 0.2) is 0 Å². The minimum absolute atomic E-state index is 0.0600. The zero-order valence-electron chi connectivity index (χ0n) is 12.6. The third-order valence-corrected chi connectivity index (χ3v) is 3.26. The van der Waals surface area contributed by atoms with Crippen molar-refractivity contribution in [2.75, 3.05) is 5.32 Å². The van der Waals surface area contributed by atoms with E-state index in [0.717, 1.165) is 0 Å². The fourth-order valence-corrected chi connectivity index (χ4v) is 1.90. The van der Waals surface area contributed by atoms with Gasteiger partial charge in [0.05, 0.1) is 6.61 Å². The maximum absolute atomic E-state index is 12.1. The standard InChI is InChI=1S/C17H20N2O2/c1-17(2,3)14-7-5-13(6-8-14)16(21)19-15-9-4-12(11-20)10-18-15/h4-10,20H,11H2,1-3H3,(H,18,19,21). The molecule has 4 heteroatoms. The first-order chi connectivity index (χ1) is 9.90. The molecule has 2 rings (SSSR count). The van der Waals surface area contributed by atoms with E-state index < -0.39 is 0 Å². The summed E-state index contributed by atoms with van der Waals surface area (Å²) in [5.74, 6) is 0.275. The van der Waals surface area contributed by atoms with Crippen LogP contribution >= 0.6 is 0 Å². The van der Waals surface area contributed by atoms with Crippen LogP contribution in [0.25, 0.3) is 0 Å². The molecule has 1 amide bonds. The minimum atomic E-state index is -0.195. The van der Waals surface area contributed by atoms with E-state index in [-0.39, 0.29) is 17.9 Å². The normalized spacial score (nSPS) is 11.2. The van der Waals surface area contributed by atoms with Crippen molar-refractivity contribution >= 4 is 11.7 Å². The molecule has 2 N–H and O–H groups in total. The quantitative estimate of drug-likeness (QED) is 0.910. The summed E-state index contributed by atoms with van der Waals surface area (Å²) in [6.45, 7) is 6.34. The molecular formula is C17H20N2O2. The number of aromatic nitrogens is 1. The highest BCUT2D eigenvalue weighted by Crippen LogP contribution is 2.22. The highest BCUT2D eigenvalue weighted by molar-refractivity contribution is 6.03. The van der Waals surface area contributed by atoms with Gasteiger partial charge in [0.2, 0.25) is 0 Å².